The molecular formula is C22H25N3. The summed E-state index contributed by atoms with van der Waals surface area (Å²) in [6.07, 6.45) is 11.9. The molecule has 3 rings (SSSR count). The van der Waals surface area contributed by atoms with Crippen LogP contribution in [0.5, 0.6) is 0 Å². The summed E-state index contributed by atoms with van der Waals surface area (Å²) in [6, 6.07) is 19.5. The molecule has 2 aromatic heterocycles. The SMILES string of the molecule is c1ccc(CNC(CCc2ccncc2)CCc2ccncc2)cc1. The van der Waals surface area contributed by atoms with Crippen molar-refractivity contribution in [1.82, 2.24) is 15.3 Å². The van der Waals surface area contributed by atoms with Crippen molar-refractivity contribution in [1.29, 1.82) is 0 Å². The van der Waals surface area contributed by atoms with Gasteiger partial charge < -0.3 is 5.32 Å². The van der Waals surface area contributed by atoms with Crippen LogP contribution in [0.4, 0.5) is 0 Å². The van der Waals surface area contributed by atoms with E-state index in [-0.39, 0.29) is 0 Å². The molecule has 0 bridgehead atoms. The summed E-state index contributed by atoms with van der Waals surface area (Å²) in [5.41, 5.74) is 4.04. The fourth-order valence-corrected chi connectivity index (χ4v) is 2.99. The van der Waals surface area contributed by atoms with Crippen molar-refractivity contribution >= 4 is 0 Å². The highest BCUT2D eigenvalue weighted by Gasteiger charge is 2.09. The van der Waals surface area contributed by atoms with Gasteiger partial charge in [0.1, 0.15) is 0 Å². The topological polar surface area (TPSA) is 37.8 Å². The lowest BCUT2D eigenvalue weighted by Crippen LogP contribution is -2.29. The third-order valence-corrected chi connectivity index (χ3v) is 4.50. The van der Waals surface area contributed by atoms with E-state index in [1.807, 2.05) is 24.8 Å². The summed E-state index contributed by atoms with van der Waals surface area (Å²) < 4.78 is 0. The maximum atomic E-state index is 4.10. The fraction of sp³-hybridized carbons (Fsp3) is 0.273. The highest BCUT2D eigenvalue weighted by Crippen LogP contribution is 2.11. The van der Waals surface area contributed by atoms with Crippen LogP contribution in [0.1, 0.15) is 29.5 Å². The normalized spacial score (nSPS) is 10.9. The van der Waals surface area contributed by atoms with Crippen LogP contribution < -0.4 is 5.32 Å². The minimum atomic E-state index is 0.488. The number of rotatable bonds is 9. The monoisotopic (exact) mass is 331 g/mol. The molecule has 1 N–H and O–H groups in total. The Balaban J connectivity index is 1.56. The van der Waals surface area contributed by atoms with Crippen molar-refractivity contribution in [3.63, 3.8) is 0 Å². The Labute approximate surface area is 150 Å². The Morgan fingerprint density at radius 2 is 1.16 bits per heavy atom. The highest BCUT2D eigenvalue weighted by atomic mass is 14.9. The van der Waals surface area contributed by atoms with Crippen LogP contribution >= 0.6 is 0 Å². The van der Waals surface area contributed by atoms with E-state index < -0.39 is 0 Å². The van der Waals surface area contributed by atoms with Gasteiger partial charge in [-0.25, -0.2) is 0 Å². The van der Waals surface area contributed by atoms with Gasteiger partial charge in [-0.2, -0.15) is 0 Å². The van der Waals surface area contributed by atoms with Gasteiger partial charge in [-0.3, -0.25) is 9.97 Å². The van der Waals surface area contributed by atoms with E-state index in [2.05, 4.69) is 69.9 Å². The van der Waals surface area contributed by atoms with E-state index in [0.29, 0.717) is 6.04 Å². The van der Waals surface area contributed by atoms with E-state index in [4.69, 9.17) is 0 Å². The minimum absolute atomic E-state index is 0.488. The van der Waals surface area contributed by atoms with Gasteiger partial charge >= 0.3 is 0 Å². The minimum Gasteiger partial charge on any atom is -0.310 e. The number of pyridine rings is 2. The predicted molar refractivity (Wildman–Crippen MR) is 102 cm³/mol. The third-order valence-electron chi connectivity index (χ3n) is 4.50. The van der Waals surface area contributed by atoms with Gasteiger partial charge in [-0.15, -0.1) is 0 Å². The number of hydrogen-bond donors (Lipinski definition) is 1. The second-order valence-corrected chi connectivity index (χ2v) is 6.35. The molecule has 0 saturated carbocycles. The molecule has 0 aliphatic rings. The number of nitrogens with zero attached hydrogens (tertiary/aromatic N) is 2. The standard InChI is InChI=1S/C22H25N3/c1-2-4-21(5-3-1)18-25-22(8-6-19-10-14-23-15-11-19)9-7-20-12-16-24-17-13-20/h1-5,10-17,22,25H,6-9,18H2. The van der Waals surface area contributed by atoms with Crippen LogP contribution in [-0.4, -0.2) is 16.0 Å². The molecule has 2 heterocycles. The molecule has 3 aromatic rings. The Morgan fingerprint density at radius 1 is 0.640 bits per heavy atom. The Hall–Kier alpha value is -2.52. The summed E-state index contributed by atoms with van der Waals surface area (Å²) in [6.45, 7) is 0.915. The second-order valence-electron chi connectivity index (χ2n) is 6.35. The first kappa shape index (κ1) is 17.3. The molecule has 0 spiro atoms. The van der Waals surface area contributed by atoms with Gasteiger partial charge in [0.15, 0.2) is 0 Å². The van der Waals surface area contributed by atoms with E-state index in [1.54, 1.807) is 0 Å². The van der Waals surface area contributed by atoms with Crippen molar-refractivity contribution in [3.8, 4) is 0 Å². The number of nitrogens with one attached hydrogen (secondary N) is 1. The van der Waals surface area contributed by atoms with Crippen LogP contribution in [0.2, 0.25) is 0 Å². The van der Waals surface area contributed by atoms with Crippen molar-refractivity contribution in [2.24, 2.45) is 0 Å². The van der Waals surface area contributed by atoms with Gasteiger partial charge in [-0.1, -0.05) is 30.3 Å². The van der Waals surface area contributed by atoms with Crippen LogP contribution in [0, 0.1) is 0 Å². The zero-order chi connectivity index (χ0) is 17.2. The van der Waals surface area contributed by atoms with E-state index >= 15 is 0 Å². The van der Waals surface area contributed by atoms with E-state index in [1.165, 1.54) is 16.7 Å². The zero-order valence-corrected chi connectivity index (χ0v) is 14.5. The number of benzene rings is 1. The van der Waals surface area contributed by atoms with Crippen LogP contribution in [0.3, 0.4) is 0 Å². The lowest BCUT2D eigenvalue weighted by Gasteiger charge is -2.19. The largest absolute Gasteiger partial charge is 0.310 e. The molecule has 3 heteroatoms. The number of aryl methyl sites for hydroxylation is 2. The molecule has 0 aliphatic carbocycles. The summed E-state index contributed by atoms with van der Waals surface area (Å²) >= 11 is 0. The van der Waals surface area contributed by atoms with Crippen LogP contribution in [0.25, 0.3) is 0 Å². The van der Waals surface area contributed by atoms with Crippen molar-refractivity contribution in [2.45, 2.75) is 38.3 Å². The summed E-state index contributed by atoms with van der Waals surface area (Å²) in [4.78, 5) is 8.21. The first-order valence-corrected chi connectivity index (χ1v) is 8.95. The Morgan fingerprint density at radius 3 is 1.68 bits per heavy atom. The fourth-order valence-electron chi connectivity index (χ4n) is 2.99. The van der Waals surface area contributed by atoms with Gasteiger partial charge in [0.05, 0.1) is 0 Å². The molecule has 0 unspecified atom stereocenters. The summed E-state index contributed by atoms with van der Waals surface area (Å²) in [5.74, 6) is 0. The molecule has 0 radical (unpaired) electrons. The number of aromatic nitrogens is 2. The van der Waals surface area contributed by atoms with Crippen molar-refractivity contribution in [2.75, 3.05) is 0 Å². The molecule has 0 fully saturated rings. The molecule has 0 aliphatic heterocycles. The zero-order valence-electron chi connectivity index (χ0n) is 14.5. The average Bonchev–Trinajstić information content (AvgIpc) is 2.70. The molecule has 0 saturated heterocycles. The molecule has 25 heavy (non-hydrogen) atoms. The van der Waals surface area contributed by atoms with Crippen molar-refractivity contribution < 1.29 is 0 Å². The first-order valence-electron chi connectivity index (χ1n) is 8.95. The van der Waals surface area contributed by atoms with Gasteiger partial charge in [0, 0.05) is 37.4 Å². The summed E-state index contributed by atoms with van der Waals surface area (Å²) in [5, 5.41) is 3.75. The first-order chi connectivity index (χ1) is 12.4. The lowest BCUT2D eigenvalue weighted by atomic mass is 9.99. The van der Waals surface area contributed by atoms with E-state index in [0.717, 1.165) is 32.2 Å². The smallest absolute Gasteiger partial charge is 0.0270 e. The Bertz CT molecular complexity index is 611. The third kappa shape index (κ3) is 6.12. The maximum absolute atomic E-state index is 4.10. The Kier molecular flexibility index (Phi) is 6.71. The van der Waals surface area contributed by atoms with Crippen LogP contribution in [-0.2, 0) is 19.4 Å². The molecule has 3 nitrogen and oxygen atoms in total. The number of hydrogen-bond acceptors (Lipinski definition) is 3. The van der Waals surface area contributed by atoms with Gasteiger partial charge in [-0.05, 0) is 66.6 Å². The predicted octanol–water partition coefficient (Wildman–Crippen LogP) is 4.20. The molecule has 0 amide bonds. The van der Waals surface area contributed by atoms with Gasteiger partial charge in [0.25, 0.3) is 0 Å². The second kappa shape index (κ2) is 9.70. The molecule has 128 valence electrons. The summed E-state index contributed by atoms with van der Waals surface area (Å²) in [7, 11) is 0. The average molecular weight is 331 g/mol. The highest BCUT2D eigenvalue weighted by molar-refractivity contribution is 5.15. The van der Waals surface area contributed by atoms with Crippen LogP contribution in [0.15, 0.2) is 79.4 Å². The van der Waals surface area contributed by atoms with Crippen molar-refractivity contribution in [3.05, 3.63) is 96.1 Å². The van der Waals surface area contributed by atoms with Gasteiger partial charge in [0.2, 0.25) is 0 Å². The van der Waals surface area contributed by atoms with E-state index in [9.17, 15) is 0 Å². The molecule has 1 aromatic carbocycles. The maximum Gasteiger partial charge on any atom is 0.0270 e. The molecular weight excluding hydrogens is 306 g/mol. The molecule has 0 atom stereocenters. The quantitative estimate of drug-likeness (QED) is 0.638. The lowest BCUT2D eigenvalue weighted by molar-refractivity contribution is 0.451.